The molecule has 2 rings (SSSR count). The lowest BCUT2D eigenvalue weighted by atomic mass is 9.93. The van der Waals surface area contributed by atoms with Crippen molar-refractivity contribution in [2.45, 2.75) is 26.2 Å². The first-order valence-corrected chi connectivity index (χ1v) is 7.71. The van der Waals surface area contributed by atoms with Gasteiger partial charge in [-0.3, -0.25) is 9.59 Å². The van der Waals surface area contributed by atoms with Crippen LogP contribution in [0.2, 0.25) is 0 Å². The molecule has 1 aromatic rings. The number of nitrogen functional groups attached to an aromatic ring is 1. The predicted molar refractivity (Wildman–Crippen MR) is 88.6 cm³/mol. The van der Waals surface area contributed by atoms with E-state index in [4.69, 9.17) is 10.5 Å². The Labute approximate surface area is 136 Å². The molecule has 2 N–H and O–H groups in total. The van der Waals surface area contributed by atoms with E-state index in [0.29, 0.717) is 36.6 Å². The Morgan fingerprint density at radius 1 is 1.39 bits per heavy atom. The minimum Gasteiger partial charge on any atom is -0.469 e. The zero-order valence-corrected chi connectivity index (χ0v) is 13.7. The highest BCUT2D eigenvalue weighted by Gasteiger charge is 2.26. The number of carbonyl (C=O) groups is 2. The van der Waals surface area contributed by atoms with Crippen molar-refractivity contribution in [3.05, 3.63) is 30.1 Å². The molecular weight excluding hydrogens is 294 g/mol. The maximum Gasteiger partial charge on any atom is 0.305 e. The summed E-state index contributed by atoms with van der Waals surface area (Å²) in [5.41, 5.74) is 8.05. The van der Waals surface area contributed by atoms with Crippen LogP contribution in [0.15, 0.2) is 18.7 Å². The summed E-state index contributed by atoms with van der Waals surface area (Å²) in [6, 6.07) is 3.33. The normalized spacial score (nSPS) is 15.3. The lowest BCUT2D eigenvalue weighted by Crippen LogP contribution is -2.39. The number of hydrogen-bond donors (Lipinski definition) is 1. The molecule has 1 amide bonds. The van der Waals surface area contributed by atoms with Crippen molar-refractivity contribution in [1.29, 1.82) is 0 Å². The van der Waals surface area contributed by atoms with Gasteiger partial charge in [-0.2, -0.15) is 0 Å². The first-order valence-electron chi connectivity index (χ1n) is 7.71. The third-order valence-electron chi connectivity index (χ3n) is 4.13. The number of allylic oxidation sites excluding steroid dienone is 1. The van der Waals surface area contributed by atoms with Gasteiger partial charge in [0.05, 0.1) is 18.5 Å². The molecule has 6 nitrogen and oxygen atoms in total. The molecule has 1 aliphatic heterocycles. The number of likely N-dealkylation sites (tertiary alicyclic amines) is 1. The second-order valence-electron chi connectivity index (χ2n) is 5.93. The van der Waals surface area contributed by atoms with Crippen LogP contribution >= 0.6 is 0 Å². The maximum atomic E-state index is 12.6. The largest absolute Gasteiger partial charge is 0.469 e. The molecule has 1 aromatic heterocycles. The van der Waals surface area contributed by atoms with Crippen LogP contribution in [0.5, 0.6) is 0 Å². The lowest BCUT2D eigenvalue weighted by Gasteiger charge is -2.31. The van der Waals surface area contributed by atoms with Gasteiger partial charge in [-0.05, 0) is 43.4 Å². The molecule has 0 atom stereocenters. The minimum atomic E-state index is -0.193. The number of amides is 1. The van der Waals surface area contributed by atoms with E-state index in [2.05, 4.69) is 11.6 Å². The number of nitrogens with zero attached hydrogens (tertiary/aromatic N) is 2. The minimum absolute atomic E-state index is 0.107. The third-order valence-corrected chi connectivity index (χ3v) is 4.13. The van der Waals surface area contributed by atoms with Gasteiger partial charge >= 0.3 is 5.97 Å². The molecule has 0 bridgehead atoms. The summed E-state index contributed by atoms with van der Waals surface area (Å²) in [6.07, 6.45) is 2.00. The van der Waals surface area contributed by atoms with Crippen LogP contribution in [0.25, 0.3) is 5.57 Å². The van der Waals surface area contributed by atoms with Gasteiger partial charge in [0.25, 0.3) is 5.91 Å². The Kier molecular flexibility index (Phi) is 5.36. The molecule has 23 heavy (non-hydrogen) atoms. The number of rotatable bonds is 4. The molecule has 1 fully saturated rings. The fourth-order valence-corrected chi connectivity index (χ4v) is 2.75. The van der Waals surface area contributed by atoms with Gasteiger partial charge in [0.2, 0.25) is 0 Å². The fourth-order valence-electron chi connectivity index (χ4n) is 2.75. The number of methoxy groups -OCH3 is 1. The summed E-state index contributed by atoms with van der Waals surface area (Å²) in [5.74, 6) is -0.0260. The molecule has 0 aliphatic carbocycles. The monoisotopic (exact) mass is 317 g/mol. The Morgan fingerprint density at radius 2 is 2.04 bits per heavy atom. The summed E-state index contributed by atoms with van der Waals surface area (Å²) in [7, 11) is 1.40. The molecule has 1 aliphatic rings. The fraction of sp³-hybridized carbons (Fsp3) is 0.471. The second-order valence-corrected chi connectivity index (χ2v) is 5.93. The van der Waals surface area contributed by atoms with Crippen LogP contribution in [-0.2, 0) is 9.53 Å². The van der Waals surface area contributed by atoms with Gasteiger partial charge in [-0.25, -0.2) is 4.98 Å². The zero-order valence-electron chi connectivity index (χ0n) is 13.7. The van der Waals surface area contributed by atoms with E-state index in [1.54, 1.807) is 17.0 Å². The number of ether oxygens (including phenoxy) is 1. The van der Waals surface area contributed by atoms with E-state index < -0.39 is 0 Å². The summed E-state index contributed by atoms with van der Waals surface area (Å²) < 4.78 is 4.69. The van der Waals surface area contributed by atoms with Gasteiger partial charge in [0.1, 0.15) is 5.69 Å². The predicted octanol–water partition coefficient (Wildman–Crippen LogP) is 2.11. The highest BCUT2D eigenvalue weighted by Crippen LogP contribution is 2.23. The standard InChI is InChI=1S/C17H23N3O3/c1-11(2)16-13(18)4-5-14(19-16)17(22)20-8-6-12(7-9-20)10-15(21)23-3/h4-5,12H,1,6-10,18H2,2-3H3. The quantitative estimate of drug-likeness (QED) is 0.860. The number of hydrogen-bond acceptors (Lipinski definition) is 5. The number of nitrogens with two attached hydrogens (primary N) is 1. The molecule has 0 saturated carbocycles. The number of pyridine rings is 1. The van der Waals surface area contributed by atoms with Crippen molar-refractivity contribution < 1.29 is 14.3 Å². The van der Waals surface area contributed by atoms with Crippen LogP contribution in [0.3, 0.4) is 0 Å². The Morgan fingerprint density at radius 3 is 2.61 bits per heavy atom. The van der Waals surface area contributed by atoms with Crippen LogP contribution in [-0.4, -0.2) is 42.0 Å². The molecule has 6 heteroatoms. The van der Waals surface area contributed by atoms with Crippen molar-refractivity contribution in [3.63, 3.8) is 0 Å². The van der Waals surface area contributed by atoms with Gasteiger partial charge in [0.15, 0.2) is 0 Å². The number of aromatic nitrogens is 1. The number of carbonyl (C=O) groups excluding carboxylic acids is 2. The topological polar surface area (TPSA) is 85.5 Å². The molecule has 0 unspecified atom stereocenters. The van der Waals surface area contributed by atoms with E-state index in [1.807, 2.05) is 6.92 Å². The molecule has 0 aromatic carbocycles. The third kappa shape index (κ3) is 4.09. The van der Waals surface area contributed by atoms with Crippen LogP contribution in [0.1, 0.15) is 42.4 Å². The summed E-state index contributed by atoms with van der Waals surface area (Å²) >= 11 is 0. The Bertz CT molecular complexity index is 620. The summed E-state index contributed by atoms with van der Waals surface area (Å²) in [6.45, 7) is 6.88. The van der Waals surface area contributed by atoms with Crippen LogP contribution < -0.4 is 5.73 Å². The number of esters is 1. The molecule has 1 saturated heterocycles. The molecule has 0 radical (unpaired) electrons. The average Bonchev–Trinajstić information content (AvgIpc) is 2.55. The smallest absolute Gasteiger partial charge is 0.305 e. The van der Waals surface area contributed by atoms with E-state index in [-0.39, 0.29) is 17.8 Å². The number of anilines is 1. The Hall–Kier alpha value is -2.37. The van der Waals surface area contributed by atoms with Crippen molar-refractivity contribution >= 4 is 23.1 Å². The van der Waals surface area contributed by atoms with Gasteiger partial charge in [0, 0.05) is 19.5 Å². The van der Waals surface area contributed by atoms with Gasteiger partial charge in [-0.1, -0.05) is 6.58 Å². The van der Waals surface area contributed by atoms with Crippen molar-refractivity contribution in [2.75, 3.05) is 25.9 Å². The Balaban J connectivity index is 2.01. The van der Waals surface area contributed by atoms with Crippen molar-refractivity contribution in [1.82, 2.24) is 9.88 Å². The van der Waals surface area contributed by atoms with Crippen molar-refractivity contribution in [2.24, 2.45) is 5.92 Å². The summed E-state index contributed by atoms with van der Waals surface area (Å²) in [4.78, 5) is 30.0. The molecule has 2 heterocycles. The summed E-state index contributed by atoms with van der Waals surface area (Å²) in [5, 5.41) is 0. The number of piperidine rings is 1. The van der Waals surface area contributed by atoms with E-state index >= 15 is 0 Å². The second kappa shape index (κ2) is 7.26. The highest BCUT2D eigenvalue weighted by atomic mass is 16.5. The first kappa shape index (κ1) is 17.0. The zero-order chi connectivity index (χ0) is 17.0. The van der Waals surface area contributed by atoms with E-state index in [9.17, 15) is 9.59 Å². The van der Waals surface area contributed by atoms with Crippen LogP contribution in [0, 0.1) is 5.92 Å². The first-order chi connectivity index (χ1) is 10.9. The van der Waals surface area contributed by atoms with Crippen molar-refractivity contribution in [3.8, 4) is 0 Å². The lowest BCUT2D eigenvalue weighted by molar-refractivity contribution is -0.142. The van der Waals surface area contributed by atoms with Gasteiger partial charge in [-0.15, -0.1) is 0 Å². The SMILES string of the molecule is C=C(C)c1nc(C(=O)N2CCC(CC(=O)OC)CC2)ccc1N. The van der Waals surface area contributed by atoms with Gasteiger partial charge < -0.3 is 15.4 Å². The highest BCUT2D eigenvalue weighted by molar-refractivity contribution is 5.93. The average molecular weight is 317 g/mol. The molecular formula is C17H23N3O3. The van der Waals surface area contributed by atoms with E-state index in [0.717, 1.165) is 18.4 Å². The van der Waals surface area contributed by atoms with Crippen LogP contribution in [0.4, 0.5) is 5.69 Å². The molecule has 0 spiro atoms. The van der Waals surface area contributed by atoms with E-state index in [1.165, 1.54) is 7.11 Å². The maximum absolute atomic E-state index is 12.6. The molecule has 124 valence electrons.